The van der Waals surface area contributed by atoms with Crippen LogP contribution >= 0.6 is 11.3 Å². The number of carboxylic acids is 1. The number of aromatic nitrogens is 1. The molecule has 0 aliphatic heterocycles. The van der Waals surface area contributed by atoms with Crippen LogP contribution in [0.1, 0.15) is 36.3 Å². The van der Waals surface area contributed by atoms with Gasteiger partial charge in [0.05, 0.1) is 5.69 Å². The Kier molecular flexibility index (Phi) is 4.23. The van der Waals surface area contributed by atoms with E-state index >= 15 is 0 Å². The fourth-order valence-corrected chi connectivity index (χ4v) is 1.64. The van der Waals surface area contributed by atoms with Gasteiger partial charge in [-0.25, -0.2) is 9.78 Å². The molecule has 1 aromatic heterocycles. The molecule has 0 aliphatic rings. The van der Waals surface area contributed by atoms with Gasteiger partial charge < -0.3 is 10.4 Å². The molecule has 0 saturated heterocycles. The van der Waals surface area contributed by atoms with Gasteiger partial charge in [0.25, 0.3) is 0 Å². The Balaban J connectivity index is 2.48. The Labute approximate surface area is 93.4 Å². The molecule has 0 aromatic carbocycles. The minimum Gasteiger partial charge on any atom is -0.476 e. The van der Waals surface area contributed by atoms with Gasteiger partial charge in [0.1, 0.15) is 0 Å². The average Bonchev–Trinajstić information content (AvgIpc) is 2.62. The van der Waals surface area contributed by atoms with Gasteiger partial charge >= 0.3 is 5.97 Å². The van der Waals surface area contributed by atoms with Crippen molar-refractivity contribution in [2.45, 2.75) is 33.4 Å². The fourth-order valence-electron chi connectivity index (χ4n) is 0.988. The third kappa shape index (κ3) is 3.60. The molecule has 1 aromatic rings. The van der Waals surface area contributed by atoms with Crippen LogP contribution in [-0.4, -0.2) is 22.1 Å². The van der Waals surface area contributed by atoms with Crippen molar-refractivity contribution < 1.29 is 9.90 Å². The molecule has 0 aliphatic carbocycles. The normalized spacial score (nSPS) is 13.1. The number of carboxylic acid groups (broad SMARTS) is 1. The SMILES string of the molecule is CC(C)C(C)NCc1csc(C(=O)O)n1. The van der Waals surface area contributed by atoms with E-state index in [0.29, 0.717) is 18.5 Å². The summed E-state index contributed by atoms with van der Waals surface area (Å²) in [7, 11) is 0. The zero-order valence-electron chi connectivity index (χ0n) is 9.15. The smallest absolute Gasteiger partial charge is 0.365 e. The van der Waals surface area contributed by atoms with Crippen LogP contribution in [0.25, 0.3) is 0 Å². The van der Waals surface area contributed by atoms with Crippen LogP contribution in [0.15, 0.2) is 5.38 Å². The molecular formula is C10H16N2O2S. The summed E-state index contributed by atoms with van der Waals surface area (Å²) in [5.41, 5.74) is 0.796. The van der Waals surface area contributed by atoms with Gasteiger partial charge in [0.15, 0.2) is 0 Å². The summed E-state index contributed by atoms with van der Waals surface area (Å²) in [6.45, 7) is 7.01. The number of hydrogen-bond acceptors (Lipinski definition) is 4. The third-order valence-electron chi connectivity index (χ3n) is 2.34. The number of nitrogens with one attached hydrogen (secondary N) is 1. The minimum atomic E-state index is -0.955. The highest BCUT2D eigenvalue weighted by molar-refractivity contribution is 7.11. The lowest BCUT2D eigenvalue weighted by Gasteiger charge is -2.16. The molecule has 1 rings (SSSR count). The summed E-state index contributed by atoms with van der Waals surface area (Å²) < 4.78 is 0. The topological polar surface area (TPSA) is 62.2 Å². The van der Waals surface area contributed by atoms with E-state index in [2.05, 4.69) is 31.1 Å². The van der Waals surface area contributed by atoms with Crippen molar-refractivity contribution in [3.05, 3.63) is 16.1 Å². The lowest BCUT2D eigenvalue weighted by atomic mass is 10.1. The number of aromatic carboxylic acids is 1. The molecule has 0 saturated carbocycles. The summed E-state index contributed by atoms with van der Waals surface area (Å²) in [4.78, 5) is 14.6. The quantitative estimate of drug-likeness (QED) is 0.809. The van der Waals surface area contributed by atoms with E-state index in [1.54, 1.807) is 5.38 Å². The molecule has 1 unspecified atom stereocenters. The van der Waals surface area contributed by atoms with E-state index < -0.39 is 5.97 Å². The Bertz CT molecular complexity index is 336. The molecule has 4 nitrogen and oxygen atoms in total. The summed E-state index contributed by atoms with van der Waals surface area (Å²) in [6.07, 6.45) is 0. The van der Waals surface area contributed by atoms with E-state index in [0.717, 1.165) is 5.69 Å². The first-order chi connectivity index (χ1) is 7.00. The van der Waals surface area contributed by atoms with Crippen molar-refractivity contribution in [2.75, 3.05) is 0 Å². The van der Waals surface area contributed by atoms with Crippen molar-refractivity contribution in [1.29, 1.82) is 0 Å². The molecule has 0 radical (unpaired) electrons. The van der Waals surface area contributed by atoms with Crippen molar-refractivity contribution >= 4 is 17.3 Å². The van der Waals surface area contributed by atoms with Gasteiger partial charge in [0.2, 0.25) is 5.01 Å². The number of carbonyl (C=O) groups is 1. The highest BCUT2D eigenvalue weighted by Gasteiger charge is 2.10. The van der Waals surface area contributed by atoms with Crippen molar-refractivity contribution in [3.8, 4) is 0 Å². The predicted octanol–water partition coefficient (Wildman–Crippen LogP) is 1.98. The van der Waals surface area contributed by atoms with Gasteiger partial charge in [-0.3, -0.25) is 0 Å². The first-order valence-electron chi connectivity index (χ1n) is 4.91. The second-order valence-corrected chi connectivity index (χ2v) is 4.72. The molecule has 84 valence electrons. The second kappa shape index (κ2) is 5.23. The molecule has 2 N–H and O–H groups in total. The molecule has 0 amide bonds. The van der Waals surface area contributed by atoms with Crippen molar-refractivity contribution in [3.63, 3.8) is 0 Å². The van der Waals surface area contributed by atoms with Crippen LogP contribution in [0.4, 0.5) is 0 Å². The Hall–Kier alpha value is -0.940. The van der Waals surface area contributed by atoms with E-state index in [4.69, 9.17) is 5.11 Å². The van der Waals surface area contributed by atoms with Gasteiger partial charge in [-0.05, 0) is 12.8 Å². The standard InChI is InChI=1S/C10H16N2O2S/c1-6(2)7(3)11-4-8-5-15-9(12-8)10(13)14/h5-7,11H,4H2,1-3H3,(H,13,14). The minimum absolute atomic E-state index is 0.156. The van der Waals surface area contributed by atoms with Crippen molar-refractivity contribution in [2.24, 2.45) is 5.92 Å². The van der Waals surface area contributed by atoms with Crippen LogP contribution in [-0.2, 0) is 6.54 Å². The summed E-state index contributed by atoms with van der Waals surface area (Å²) in [5.74, 6) is -0.397. The summed E-state index contributed by atoms with van der Waals surface area (Å²) >= 11 is 1.17. The molecule has 1 heterocycles. The highest BCUT2D eigenvalue weighted by atomic mass is 32.1. The molecule has 0 spiro atoms. The average molecular weight is 228 g/mol. The van der Waals surface area contributed by atoms with Gasteiger partial charge in [-0.15, -0.1) is 11.3 Å². The van der Waals surface area contributed by atoms with Crippen LogP contribution in [0.3, 0.4) is 0 Å². The van der Waals surface area contributed by atoms with Gasteiger partial charge in [-0.2, -0.15) is 0 Å². The third-order valence-corrected chi connectivity index (χ3v) is 3.22. The molecule has 15 heavy (non-hydrogen) atoms. The molecule has 0 bridgehead atoms. The predicted molar refractivity (Wildman–Crippen MR) is 60.2 cm³/mol. The lowest BCUT2D eigenvalue weighted by molar-refractivity contribution is 0.0696. The first-order valence-corrected chi connectivity index (χ1v) is 5.79. The van der Waals surface area contributed by atoms with Gasteiger partial charge in [0, 0.05) is 18.0 Å². The van der Waals surface area contributed by atoms with Crippen molar-refractivity contribution in [1.82, 2.24) is 10.3 Å². The fraction of sp³-hybridized carbons (Fsp3) is 0.600. The Morgan fingerprint density at radius 2 is 2.27 bits per heavy atom. The number of rotatable bonds is 5. The largest absolute Gasteiger partial charge is 0.476 e. The van der Waals surface area contributed by atoms with E-state index in [-0.39, 0.29) is 5.01 Å². The monoisotopic (exact) mass is 228 g/mol. The van der Waals surface area contributed by atoms with Crippen LogP contribution < -0.4 is 5.32 Å². The van der Waals surface area contributed by atoms with Crippen LogP contribution in [0.2, 0.25) is 0 Å². The Morgan fingerprint density at radius 3 is 2.73 bits per heavy atom. The Morgan fingerprint density at radius 1 is 1.60 bits per heavy atom. The second-order valence-electron chi connectivity index (χ2n) is 3.86. The molecule has 5 heteroatoms. The van der Waals surface area contributed by atoms with E-state index in [1.165, 1.54) is 11.3 Å². The number of hydrogen-bond donors (Lipinski definition) is 2. The summed E-state index contributed by atoms with van der Waals surface area (Å²) in [5, 5.41) is 13.9. The number of thiazole rings is 1. The maximum Gasteiger partial charge on any atom is 0.365 e. The van der Waals surface area contributed by atoms with Crippen LogP contribution in [0, 0.1) is 5.92 Å². The molecule has 0 fully saturated rings. The zero-order valence-corrected chi connectivity index (χ0v) is 9.97. The number of nitrogens with zero attached hydrogens (tertiary/aromatic N) is 1. The van der Waals surface area contributed by atoms with E-state index in [9.17, 15) is 4.79 Å². The van der Waals surface area contributed by atoms with Crippen LogP contribution in [0.5, 0.6) is 0 Å². The maximum atomic E-state index is 10.6. The molecular weight excluding hydrogens is 212 g/mol. The van der Waals surface area contributed by atoms with Gasteiger partial charge in [-0.1, -0.05) is 13.8 Å². The lowest BCUT2D eigenvalue weighted by Crippen LogP contribution is -2.30. The van der Waals surface area contributed by atoms with E-state index in [1.807, 2.05) is 0 Å². The zero-order chi connectivity index (χ0) is 11.4. The summed E-state index contributed by atoms with van der Waals surface area (Å²) in [6, 6.07) is 0.403. The highest BCUT2D eigenvalue weighted by Crippen LogP contribution is 2.10. The first kappa shape index (κ1) is 12.1. The maximum absolute atomic E-state index is 10.6. The molecule has 1 atom stereocenters.